The average Bonchev–Trinajstić information content (AvgIpc) is 3.05. The van der Waals surface area contributed by atoms with Gasteiger partial charge in [-0.2, -0.15) is 5.10 Å². The molecule has 1 aliphatic rings. The van der Waals surface area contributed by atoms with Crippen molar-refractivity contribution in [2.45, 2.75) is 25.9 Å². The molecule has 0 amide bonds. The first-order chi connectivity index (χ1) is 14.4. The van der Waals surface area contributed by atoms with Gasteiger partial charge in [0, 0.05) is 72.6 Å². The number of piperazine rings is 1. The number of hydrogen-bond acceptors (Lipinski definition) is 6. The highest BCUT2D eigenvalue weighted by atomic mass is 35.5. The lowest BCUT2D eigenvalue weighted by molar-refractivity contribution is 0.403. The van der Waals surface area contributed by atoms with Crippen LogP contribution in [0, 0.1) is 0 Å². The molecule has 1 fully saturated rings. The van der Waals surface area contributed by atoms with Gasteiger partial charge in [-0.1, -0.05) is 17.7 Å². The maximum absolute atomic E-state index is 10.6. The Labute approximate surface area is 179 Å². The number of halogens is 1. The number of benzene rings is 2. The molecular formula is C22H23ClN6O. The molecule has 1 aliphatic heterocycles. The Morgan fingerprint density at radius 1 is 1.10 bits per heavy atom. The second kappa shape index (κ2) is 7.11. The largest absolute Gasteiger partial charge is 0.507 e. The van der Waals surface area contributed by atoms with E-state index in [0.717, 1.165) is 40.5 Å². The number of fused-ring (bicyclic) bond motifs is 2. The third-order valence-electron chi connectivity index (χ3n) is 5.55. The van der Waals surface area contributed by atoms with Crippen molar-refractivity contribution in [3.05, 3.63) is 41.7 Å². The predicted molar refractivity (Wildman–Crippen MR) is 120 cm³/mol. The van der Waals surface area contributed by atoms with Crippen molar-refractivity contribution in [1.29, 1.82) is 0 Å². The lowest BCUT2D eigenvalue weighted by Gasteiger charge is -2.36. The Bertz CT molecular complexity index is 1260. The van der Waals surface area contributed by atoms with Gasteiger partial charge in [-0.15, -0.1) is 0 Å². The molecule has 0 bridgehead atoms. The molecule has 2 N–H and O–H groups in total. The van der Waals surface area contributed by atoms with Crippen molar-refractivity contribution in [1.82, 2.24) is 25.1 Å². The standard InChI is InChI=1S/C22H23ClN6O/c1-12-9-29(10-13(2)25-12)22-24-8-17-18(26-22)5-4-15(21(17)23)16-6-14-11-28(3)27-19(14)7-20(16)30/h4-8,11-13,25,30H,9-10H2,1-3H3/t12-,13-/m1/s1. The summed E-state index contributed by atoms with van der Waals surface area (Å²) in [6, 6.07) is 8.17. The van der Waals surface area contributed by atoms with E-state index in [1.54, 1.807) is 16.9 Å². The van der Waals surface area contributed by atoms with E-state index in [0.29, 0.717) is 28.6 Å². The van der Waals surface area contributed by atoms with Gasteiger partial charge in [0.05, 0.1) is 16.1 Å². The molecule has 154 valence electrons. The minimum Gasteiger partial charge on any atom is -0.507 e. The van der Waals surface area contributed by atoms with E-state index >= 15 is 0 Å². The monoisotopic (exact) mass is 422 g/mol. The minimum atomic E-state index is 0.142. The van der Waals surface area contributed by atoms with E-state index < -0.39 is 0 Å². The first-order valence-corrected chi connectivity index (χ1v) is 10.4. The Morgan fingerprint density at radius 3 is 2.63 bits per heavy atom. The van der Waals surface area contributed by atoms with Gasteiger partial charge in [0.2, 0.25) is 5.95 Å². The van der Waals surface area contributed by atoms with Crippen LogP contribution < -0.4 is 10.2 Å². The van der Waals surface area contributed by atoms with Crippen LogP contribution in [0.4, 0.5) is 5.95 Å². The lowest BCUT2D eigenvalue weighted by Crippen LogP contribution is -2.54. The zero-order valence-electron chi connectivity index (χ0n) is 17.1. The molecule has 0 spiro atoms. The van der Waals surface area contributed by atoms with Gasteiger partial charge < -0.3 is 15.3 Å². The molecule has 1 saturated heterocycles. The number of aromatic nitrogens is 4. The van der Waals surface area contributed by atoms with Crippen molar-refractivity contribution in [2.24, 2.45) is 7.05 Å². The third kappa shape index (κ3) is 3.24. The summed E-state index contributed by atoms with van der Waals surface area (Å²) in [4.78, 5) is 11.6. The number of nitrogens with one attached hydrogen (secondary N) is 1. The maximum Gasteiger partial charge on any atom is 0.225 e. The normalized spacial score (nSPS) is 19.7. The maximum atomic E-state index is 10.6. The number of nitrogens with zero attached hydrogens (tertiary/aromatic N) is 5. The fourth-order valence-electron chi connectivity index (χ4n) is 4.31. The number of anilines is 1. The number of rotatable bonds is 2. The van der Waals surface area contributed by atoms with Crippen LogP contribution in [-0.2, 0) is 7.05 Å². The molecule has 0 aliphatic carbocycles. The van der Waals surface area contributed by atoms with Crippen LogP contribution in [0.1, 0.15) is 13.8 Å². The van der Waals surface area contributed by atoms with Crippen LogP contribution >= 0.6 is 11.6 Å². The Balaban J connectivity index is 1.57. The van der Waals surface area contributed by atoms with E-state index in [1.165, 1.54) is 0 Å². The smallest absolute Gasteiger partial charge is 0.225 e. The summed E-state index contributed by atoms with van der Waals surface area (Å²) in [5.74, 6) is 0.856. The van der Waals surface area contributed by atoms with Crippen LogP contribution in [0.25, 0.3) is 32.9 Å². The lowest BCUT2D eigenvalue weighted by atomic mass is 10.0. The van der Waals surface area contributed by atoms with Gasteiger partial charge in [-0.3, -0.25) is 4.68 Å². The van der Waals surface area contributed by atoms with Crippen molar-refractivity contribution in [3.8, 4) is 16.9 Å². The summed E-state index contributed by atoms with van der Waals surface area (Å²) in [6.07, 6.45) is 3.69. The first-order valence-electron chi connectivity index (χ1n) is 10.0. The summed E-state index contributed by atoms with van der Waals surface area (Å²) in [5, 5.41) is 20.7. The molecule has 5 rings (SSSR count). The molecule has 0 unspecified atom stereocenters. The Hall–Kier alpha value is -2.90. The van der Waals surface area contributed by atoms with E-state index in [4.69, 9.17) is 16.6 Å². The quantitative estimate of drug-likeness (QED) is 0.512. The van der Waals surface area contributed by atoms with E-state index in [9.17, 15) is 5.11 Å². The SMILES string of the molecule is C[C@@H]1CN(c2ncc3c(Cl)c(-c4cc5cn(C)nc5cc4O)ccc3n2)C[C@@H](C)N1. The molecule has 8 heteroatoms. The summed E-state index contributed by atoms with van der Waals surface area (Å²) < 4.78 is 1.73. The van der Waals surface area contributed by atoms with Gasteiger partial charge >= 0.3 is 0 Å². The van der Waals surface area contributed by atoms with Crippen LogP contribution in [-0.4, -0.2) is 50.0 Å². The van der Waals surface area contributed by atoms with Crippen molar-refractivity contribution < 1.29 is 5.11 Å². The van der Waals surface area contributed by atoms with Gasteiger partial charge in [0.15, 0.2) is 0 Å². The highest BCUT2D eigenvalue weighted by molar-refractivity contribution is 6.38. The molecule has 2 aromatic heterocycles. The third-order valence-corrected chi connectivity index (χ3v) is 5.96. The summed E-state index contributed by atoms with van der Waals surface area (Å²) in [5.41, 5.74) is 2.93. The fraction of sp³-hybridized carbons (Fsp3) is 0.318. The Morgan fingerprint density at radius 2 is 1.87 bits per heavy atom. The molecule has 30 heavy (non-hydrogen) atoms. The van der Waals surface area contributed by atoms with Crippen molar-refractivity contribution >= 4 is 39.4 Å². The zero-order valence-corrected chi connectivity index (χ0v) is 17.9. The van der Waals surface area contributed by atoms with Gasteiger partial charge in [-0.05, 0) is 26.0 Å². The second-order valence-corrected chi connectivity index (χ2v) is 8.51. The van der Waals surface area contributed by atoms with E-state index in [1.807, 2.05) is 31.4 Å². The summed E-state index contributed by atoms with van der Waals surface area (Å²) in [7, 11) is 1.86. The second-order valence-electron chi connectivity index (χ2n) is 8.13. The molecule has 0 saturated carbocycles. The van der Waals surface area contributed by atoms with Crippen LogP contribution in [0.3, 0.4) is 0 Å². The molecule has 4 aromatic rings. The van der Waals surface area contributed by atoms with Crippen molar-refractivity contribution in [2.75, 3.05) is 18.0 Å². The van der Waals surface area contributed by atoms with Crippen LogP contribution in [0.2, 0.25) is 5.02 Å². The van der Waals surface area contributed by atoms with Gasteiger partial charge in [0.1, 0.15) is 5.75 Å². The van der Waals surface area contributed by atoms with Crippen LogP contribution in [0.5, 0.6) is 5.75 Å². The topological polar surface area (TPSA) is 79.1 Å². The fourth-order valence-corrected chi connectivity index (χ4v) is 4.62. The predicted octanol–water partition coefficient (Wildman–Crippen LogP) is 3.73. The molecule has 7 nitrogen and oxygen atoms in total. The number of phenolic OH excluding ortho intramolecular Hbond substituents is 1. The molecule has 3 heterocycles. The summed E-state index contributed by atoms with van der Waals surface area (Å²) >= 11 is 6.75. The molecular weight excluding hydrogens is 400 g/mol. The van der Waals surface area contributed by atoms with Gasteiger partial charge in [-0.25, -0.2) is 9.97 Å². The van der Waals surface area contributed by atoms with E-state index in [2.05, 4.69) is 34.1 Å². The highest BCUT2D eigenvalue weighted by Gasteiger charge is 2.23. The zero-order chi connectivity index (χ0) is 21.0. The number of phenols is 1. The Kier molecular flexibility index (Phi) is 4.52. The molecule has 0 radical (unpaired) electrons. The number of aryl methyl sites for hydroxylation is 1. The molecule has 2 aromatic carbocycles. The number of aromatic hydroxyl groups is 1. The van der Waals surface area contributed by atoms with Crippen LogP contribution in [0.15, 0.2) is 36.7 Å². The minimum absolute atomic E-state index is 0.142. The van der Waals surface area contributed by atoms with Crippen molar-refractivity contribution in [3.63, 3.8) is 0 Å². The number of hydrogen-bond donors (Lipinski definition) is 2. The summed E-state index contributed by atoms with van der Waals surface area (Å²) in [6.45, 7) is 6.05. The average molecular weight is 423 g/mol. The highest BCUT2D eigenvalue weighted by Crippen LogP contribution is 2.39. The molecule has 2 atom stereocenters. The van der Waals surface area contributed by atoms with E-state index in [-0.39, 0.29) is 5.75 Å². The first kappa shape index (κ1) is 19.1. The van der Waals surface area contributed by atoms with Gasteiger partial charge in [0.25, 0.3) is 0 Å².